The maximum Gasteiger partial charge on any atom is 0.290 e. The summed E-state index contributed by atoms with van der Waals surface area (Å²) in [6, 6.07) is 26.8. The first-order chi connectivity index (χ1) is 15.6. The zero-order valence-electron chi connectivity index (χ0n) is 18.2. The first-order valence-corrected chi connectivity index (χ1v) is 11.0. The van der Waals surface area contributed by atoms with Gasteiger partial charge in [-0.3, -0.25) is 9.59 Å². The molecule has 1 aliphatic heterocycles. The van der Waals surface area contributed by atoms with Gasteiger partial charge in [0.25, 0.3) is 5.91 Å². The number of hydrogen-bond donors (Lipinski definition) is 1. The van der Waals surface area contributed by atoms with Gasteiger partial charge in [-0.1, -0.05) is 91.9 Å². The van der Waals surface area contributed by atoms with Gasteiger partial charge in [0.2, 0.25) is 0 Å². The molecule has 1 amide bonds. The minimum Gasteiger partial charge on any atom is -0.503 e. The van der Waals surface area contributed by atoms with Crippen molar-refractivity contribution in [1.29, 1.82) is 0 Å². The van der Waals surface area contributed by atoms with Gasteiger partial charge in [0.05, 0.1) is 11.6 Å². The molecule has 0 aromatic heterocycles. The predicted octanol–water partition coefficient (Wildman–Crippen LogP) is 5.35. The molecule has 4 heteroatoms. The number of carbonyl (C=O) groups is 2. The fraction of sp³-hybridized carbons (Fsp3) is 0.214. The summed E-state index contributed by atoms with van der Waals surface area (Å²) < 4.78 is 0. The Morgan fingerprint density at radius 2 is 1.44 bits per heavy atom. The van der Waals surface area contributed by atoms with E-state index in [1.807, 2.05) is 84.9 Å². The maximum absolute atomic E-state index is 13.3. The van der Waals surface area contributed by atoms with Gasteiger partial charge in [0, 0.05) is 13.0 Å². The largest absolute Gasteiger partial charge is 0.503 e. The fourth-order valence-corrected chi connectivity index (χ4v) is 4.20. The highest BCUT2D eigenvalue weighted by atomic mass is 16.3. The Balaban J connectivity index is 1.66. The van der Waals surface area contributed by atoms with Gasteiger partial charge in [-0.2, -0.15) is 0 Å². The molecule has 0 aliphatic carbocycles. The number of rotatable bonds is 8. The second kappa shape index (κ2) is 9.65. The first kappa shape index (κ1) is 21.6. The highest BCUT2D eigenvalue weighted by Crippen LogP contribution is 2.39. The maximum atomic E-state index is 13.3. The summed E-state index contributed by atoms with van der Waals surface area (Å²) in [6.45, 7) is 2.40. The van der Waals surface area contributed by atoms with Crippen LogP contribution in [0.4, 0.5) is 0 Å². The predicted molar refractivity (Wildman–Crippen MR) is 125 cm³/mol. The van der Waals surface area contributed by atoms with Gasteiger partial charge in [0.1, 0.15) is 0 Å². The lowest BCUT2D eigenvalue weighted by Crippen LogP contribution is -2.30. The van der Waals surface area contributed by atoms with Crippen LogP contribution in [0.2, 0.25) is 0 Å². The Hall–Kier alpha value is -3.66. The number of amides is 1. The standard InChI is InChI=1S/C28H27NO3/c1-2-20-13-16-23(17-14-20)26-25(24(30)18-15-21-9-5-3-6-10-21)27(31)28(32)29(26)19-22-11-7-4-8-12-22/h3-14,16-17,26,31H,2,15,18-19H2,1H3. The zero-order chi connectivity index (χ0) is 22.5. The van der Waals surface area contributed by atoms with E-state index in [9.17, 15) is 14.7 Å². The lowest BCUT2D eigenvalue weighted by molar-refractivity contribution is -0.130. The zero-order valence-corrected chi connectivity index (χ0v) is 18.2. The van der Waals surface area contributed by atoms with E-state index >= 15 is 0 Å². The van der Waals surface area contributed by atoms with E-state index in [0.29, 0.717) is 13.0 Å². The Labute approximate surface area is 188 Å². The number of Topliss-reactive ketones (excluding diaryl/α,β-unsaturated/α-hetero) is 1. The van der Waals surface area contributed by atoms with Crippen LogP contribution >= 0.6 is 0 Å². The molecule has 0 bridgehead atoms. The van der Waals surface area contributed by atoms with Gasteiger partial charge in [0.15, 0.2) is 11.5 Å². The molecule has 162 valence electrons. The molecule has 1 aliphatic rings. The molecule has 0 radical (unpaired) electrons. The van der Waals surface area contributed by atoms with E-state index in [0.717, 1.165) is 23.1 Å². The van der Waals surface area contributed by atoms with Crippen molar-refractivity contribution in [3.63, 3.8) is 0 Å². The number of aryl methyl sites for hydroxylation is 2. The molecule has 3 aromatic rings. The molecule has 0 fully saturated rings. The first-order valence-electron chi connectivity index (χ1n) is 11.0. The third-order valence-corrected chi connectivity index (χ3v) is 5.99. The number of nitrogens with zero attached hydrogens (tertiary/aromatic N) is 1. The van der Waals surface area contributed by atoms with Crippen LogP contribution in [0.5, 0.6) is 0 Å². The third kappa shape index (κ3) is 4.50. The summed E-state index contributed by atoms with van der Waals surface area (Å²) in [6.07, 6.45) is 1.70. The Morgan fingerprint density at radius 3 is 2.03 bits per heavy atom. The minimum absolute atomic E-state index is 0.195. The SMILES string of the molecule is CCc1ccc(C2C(C(=O)CCc3ccccc3)=C(O)C(=O)N2Cc2ccccc2)cc1. The van der Waals surface area contributed by atoms with E-state index in [1.165, 1.54) is 5.56 Å². The van der Waals surface area contributed by atoms with Crippen molar-refractivity contribution < 1.29 is 14.7 Å². The van der Waals surface area contributed by atoms with Crippen molar-refractivity contribution in [1.82, 2.24) is 4.90 Å². The van der Waals surface area contributed by atoms with Crippen LogP contribution < -0.4 is 0 Å². The lowest BCUT2D eigenvalue weighted by atomic mass is 9.92. The van der Waals surface area contributed by atoms with Crippen LogP contribution in [0.3, 0.4) is 0 Å². The number of aliphatic hydroxyl groups excluding tert-OH is 1. The number of aliphatic hydroxyl groups is 1. The molecule has 4 rings (SSSR count). The molecule has 3 aromatic carbocycles. The van der Waals surface area contributed by atoms with Gasteiger partial charge in [-0.15, -0.1) is 0 Å². The van der Waals surface area contributed by atoms with Gasteiger partial charge in [-0.05, 0) is 35.1 Å². The van der Waals surface area contributed by atoms with Gasteiger partial charge in [-0.25, -0.2) is 0 Å². The van der Waals surface area contributed by atoms with Gasteiger partial charge < -0.3 is 10.0 Å². The Kier molecular flexibility index (Phi) is 6.50. The second-order valence-corrected chi connectivity index (χ2v) is 8.09. The molecule has 1 atom stereocenters. The molecule has 1 heterocycles. The van der Waals surface area contributed by atoms with Crippen molar-refractivity contribution in [2.75, 3.05) is 0 Å². The summed E-state index contributed by atoms with van der Waals surface area (Å²) in [5.74, 6) is -1.12. The highest BCUT2D eigenvalue weighted by molar-refractivity contribution is 6.09. The van der Waals surface area contributed by atoms with E-state index < -0.39 is 17.7 Å². The molecule has 1 unspecified atom stereocenters. The van der Waals surface area contributed by atoms with E-state index in [-0.39, 0.29) is 17.8 Å². The summed E-state index contributed by atoms with van der Waals surface area (Å²) >= 11 is 0. The monoisotopic (exact) mass is 425 g/mol. The molecule has 0 saturated heterocycles. The lowest BCUT2D eigenvalue weighted by Gasteiger charge is -2.27. The quantitative estimate of drug-likeness (QED) is 0.530. The molecule has 4 nitrogen and oxygen atoms in total. The molecule has 32 heavy (non-hydrogen) atoms. The number of hydrogen-bond acceptors (Lipinski definition) is 3. The highest BCUT2D eigenvalue weighted by Gasteiger charge is 2.43. The van der Waals surface area contributed by atoms with Crippen LogP contribution in [0.1, 0.15) is 41.6 Å². The fourth-order valence-electron chi connectivity index (χ4n) is 4.20. The van der Waals surface area contributed by atoms with Crippen molar-refractivity contribution in [2.45, 2.75) is 38.8 Å². The third-order valence-electron chi connectivity index (χ3n) is 5.99. The Morgan fingerprint density at radius 1 is 0.844 bits per heavy atom. The molecule has 0 spiro atoms. The topological polar surface area (TPSA) is 57.6 Å². The molecular formula is C28H27NO3. The number of carbonyl (C=O) groups excluding carboxylic acids is 2. The van der Waals surface area contributed by atoms with Crippen molar-refractivity contribution in [3.05, 3.63) is 119 Å². The number of ketones is 1. The van der Waals surface area contributed by atoms with E-state index in [4.69, 9.17) is 0 Å². The molecule has 0 saturated carbocycles. The van der Waals surface area contributed by atoms with Crippen LogP contribution in [0.15, 0.2) is 96.3 Å². The van der Waals surface area contributed by atoms with Crippen LogP contribution in [0.25, 0.3) is 0 Å². The summed E-state index contributed by atoms with van der Waals surface area (Å²) in [5.41, 5.74) is 4.21. The molecular weight excluding hydrogens is 398 g/mol. The van der Waals surface area contributed by atoms with Crippen molar-refractivity contribution >= 4 is 11.7 Å². The average Bonchev–Trinajstić information content (AvgIpc) is 3.09. The van der Waals surface area contributed by atoms with Gasteiger partial charge >= 0.3 is 0 Å². The number of benzene rings is 3. The van der Waals surface area contributed by atoms with Crippen LogP contribution in [-0.2, 0) is 29.0 Å². The summed E-state index contributed by atoms with van der Waals surface area (Å²) in [5, 5.41) is 10.8. The van der Waals surface area contributed by atoms with Crippen LogP contribution in [-0.4, -0.2) is 21.7 Å². The van der Waals surface area contributed by atoms with Crippen molar-refractivity contribution in [2.24, 2.45) is 0 Å². The average molecular weight is 426 g/mol. The molecule has 1 N–H and O–H groups in total. The van der Waals surface area contributed by atoms with E-state index in [2.05, 4.69) is 6.92 Å². The van der Waals surface area contributed by atoms with Crippen LogP contribution in [0, 0.1) is 0 Å². The smallest absolute Gasteiger partial charge is 0.290 e. The Bertz CT molecular complexity index is 1120. The summed E-state index contributed by atoms with van der Waals surface area (Å²) in [4.78, 5) is 28.0. The summed E-state index contributed by atoms with van der Waals surface area (Å²) in [7, 11) is 0. The minimum atomic E-state index is -0.600. The van der Waals surface area contributed by atoms with Crippen molar-refractivity contribution in [3.8, 4) is 0 Å². The second-order valence-electron chi connectivity index (χ2n) is 8.09. The normalized spacial score (nSPS) is 16.0. The van der Waals surface area contributed by atoms with E-state index in [1.54, 1.807) is 4.90 Å².